The Labute approximate surface area is 164 Å². The average Bonchev–Trinajstić information content (AvgIpc) is 2.54. The Balaban J connectivity index is 2.30. The van der Waals surface area contributed by atoms with Gasteiger partial charge in [0.15, 0.2) is 5.69 Å². The number of anilines is 1. The highest BCUT2D eigenvalue weighted by Gasteiger charge is 2.22. The second-order valence-electron chi connectivity index (χ2n) is 7.62. The maximum atomic E-state index is 13.1. The minimum absolute atomic E-state index is 0.0117. The Morgan fingerprint density at radius 3 is 2.36 bits per heavy atom. The molecule has 1 N–H and O–H groups in total. The van der Waals surface area contributed by atoms with Gasteiger partial charge in [-0.05, 0) is 70.4 Å². The van der Waals surface area contributed by atoms with Gasteiger partial charge in [0.2, 0.25) is 0 Å². The van der Waals surface area contributed by atoms with Crippen molar-refractivity contribution in [1.82, 2.24) is 4.98 Å². The number of ether oxygens (including phenoxy) is 2. The van der Waals surface area contributed by atoms with Crippen LogP contribution in [0.4, 0.5) is 14.9 Å². The zero-order valence-corrected chi connectivity index (χ0v) is 16.7. The number of nitrogens with one attached hydrogen (secondary N) is 1. The highest BCUT2D eigenvalue weighted by Crippen LogP contribution is 2.21. The van der Waals surface area contributed by atoms with Crippen LogP contribution in [0.2, 0.25) is 0 Å². The van der Waals surface area contributed by atoms with Crippen molar-refractivity contribution in [3.05, 3.63) is 59.2 Å². The van der Waals surface area contributed by atoms with Gasteiger partial charge in [-0.15, -0.1) is 0 Å². The van der Waals surface area contributed by atoms with Gasteiger partial charge in [0.1, 0.15) is 11.4 Å². The molecule has 0 bridgehead atoms. The number of halogens is 1. The number of hydrogen-bond acceptors (Lipinski definition) is 5. The molecule has 0 saturated carbocycles. The molecule has 7 heteroatoms. The quantitative estimate of drug-likeness (QED) is 0.750. The number of nitrogens with zero attached hydrogens (tertiary/aromatic N) is 1. The molecule has 150 valence electrons. The summed E-state index contributed by atoms with van der Waals surface area (Å²) in [7, 11) is 0. The van der Waals surface area contributed by atoms with E-state index in [0.29, 0.717) is 6.42 Å². The zero-order chi connectivity index (χ0) is 20.9. The highest BCUT2D eigenvalue weighted by atomic mass is 19.1. The van der Waals surface area contributed by atoms with Crippen LogP contribution in [-0.4, -0.2) is 28.8 Å². The van der Waals surface area contributed by atoms with Crippen LogP contribution in [0.3, 0.4) is 0 Å². The summed E-state index contributed by atoms with van der Waals surface area (Å²) in [6, 6.07) is 7.71. The lowest BCUT2D eigenvalue weighted by molar-refractivity contribution is 0.0372. The van der Waals surface area contributed by atoms with Crippen LogP contribution in [0.25, 0.3) is 0 Å². The molecular weight excluding hydrogens is 363 g/mol. The van der Waals surface area contributed by atoms with Crippen molar-refractivity contribution in [1.29, 1.82) is 0 Å². The summed E-state index contributed by atoms with van der Waals surface area (Å²) in [6.07, 6.45) is 0.950. The number of esters is 1. The van der Waals surface area contributed by atoms with E-state index in [1.54, 1.807) is 52.8 Å². The summed E-state index contributed by atoms with van der Waals surface area (Å²) in [5.41, 5.74) is 1.09. The molecule has 28 heavy (non-hydrogen) atoms. The first-order valence-electron chi connectivity index (χ1n) is 8.98. The van der Waals surface area contributed by atoms with E-state index >= 15 is 0 Å². The van der Waals surface area contributed by atoms with Gasteiger partial charge in [-0.1, -0.05) is 12.1 Å². The third kappa shape index (κ3) is 6.64. The fraction of sp³-hybridized carbons (Fsp3) is 0.381. The summed E-state index contributed by atoms with van der Waals surface area (Å²) in [6.45, 7) is 8.67. The van der Waals surface area contributed by atoms with E-state index in [1.165, 1.54) is 18.3 Å². The lowest BCUT2D eigenvalue weighted by Gasteiger charge is -2.20. The van der Waals surface area contributed by atoms with Gasteiger partial charge < -0.3 is 9.47 Å². The number of carbonyl (C=O) groups is 2. The number of rotatable bonds is 5. The largest absolute Gasteiger partial charge is 0.458 e. The number of aromatic nitrogens is 1. The first kappa shape index (κ1) is 21.3. The van der Waals surface area contributed by atoms with Gasteiger partial charge in [-0.25, -0.2) is 19.0 Å². The van der Waals surface area contributed by atoms with Crippen LogP contribution in [0, 0.1) is 5.82 Å². The molecule has 0 aliphatic rings. The van der Waals surface area contributed by atoms with E-state index in [4.69, 9.17) is 9.47 Å². The molecule has 1 aromatic heterocycles. The van der Waals surface area contributed by atoms with E-state index in [0.717, 1.165) is 11.1 Å². The molecule has 1 aromatic carbocycles. The Kier molecular flexibility index (Phi) is 6.72. The van der Waals surface area contributed by atoms with Crippen molar-refractivity contribution in [3.8, 4) is 0 Å². The van der Waals surface area contributed by atoms with Crippen LogP contribution >= 0.6 is 0 Å². The van der Waals surface area contributed by atoms with Crippen molar-refractivity contribution >= 4 is 17.7 Å². The van der Waals surface area contributed by atoms with Crippen molar-refractivity contribution in [2.45, 2.75) is 52.7 Å². The highest BCUT2D eigenvalue weighted by molar-refractivity contribution is 5.98. The SMILES string of the molecule is CC(C)OC(=O)c1ncc(Cc2ccc(F)cc2)cc1NC(=O)OC(C)(C)C. The number of amides is 1. The van der Waals surface area contributed by atoms with E-state index in [2.05, 4.69) is 10.3 Å². The van der Waals surface area contributed by atoms with Crippen LogP contribution in [0.15, 0.2) is 36.5 Å². The molecule has 0 fully saturated rings. The van der Waals surface area contributed by atoms with Gasteiger partial charge in [0.25, 0.3) is 0 Å². The third-order valence-corrected chi connectivity index (χ3v) is 3.44. The van der Waals surface area contributed by atoms with E-state index in [-0.39, 0.29) is 23.3 Å². The fourth-order valence-electron chi connectivity index (χ4n) is 2.38. The van der Waals surface area contributed by atoms with Gasteiger partial charge in [-0.2, -0.15) is 0 Å². The standard InChI is InChI=1S/C21H25FN2O4/c1-13(2)27-19(25)18-17(24-20(26)28-21(3,4)5)11-15(12-23-18)10-14-6-8-16(22)9-7-14/h6-9,11-13H,10H2,1-5H3,(H,24,26). The predicted molar refractivity (Wildman–Crippen MR) is 104 cm³/mol. The van der Waals surface area contributed by atoms with Crippen LogP contribution in [0.5, 0.6) is 0 Å². The minimum atomic E-state index is -0.702. The van der Waals surface area contributed by atoms with E-state index < -0.39 is 17.7 Å². The molecular formula is C21H25FN2O4. The first-order chi connectivity index (χ1) is 13.0. The fourth-order valence-corrected chi connectivity index (χ4v) is 2.38. The Hall–Kier alpha value is -2.96. The normalized spacial score (nSPS) is 11.2. The average molecular weight is 388 g/mol. The van der Waals surface area contributed by atoms with Crippen LogP contribution in [0.1, 0.15) is 56.2 Å². The molecule has 0 aliphatic heterocycles. The van der Waals surface area contributed by atoms with Crippen molar-refractivity contribution in [3.63, 3.8) is 0 Å². The Morgan fingerprint density at radius 1 is 1.14 bits per heavy atom. The smallest absolute Gasteiger partial charge is 0.412 e. The zero-order valence-electron chi connectivity index (χ0n) is 16.7. The number of pyridine rings is 1. The molecule has 2 aromatic rings. The molecule has 2 rings (SSSR count). The Bertz CT molecular complexity index is 842. The molecule has 1 amide bonds. The predicted octanol–water partition coefficient (Wildman–Crippen LogP) is 4.72. The summed E-state index contributed by atoms with van der Waals surface area (Å²) in [5.74, 6) is -0.963. The van der Waals surface area contributed by atoms with Gasteiger partial charge >= 0.3 is 12.1 Å². The van der Waals surface area contributed by atoms with Crippen molar-refractivity contribution in [2.24, 2.45) is 0 Å². The molecule has 0 aliphatic carbocycles. The molecule has 6 nitrogen and oxygen atoms in total. The van der Waals surface area contributed by atoms with E-state index in [1.807, 2.05) is 0 Å². The summed E-state index contributed by atoms with van der Waals surface area (Å²) in [5, 5.41) is 2.57. The molecule has 0 spiro atoms. The number of hydrogen-bond donors (Lipinski definition) is 1. The molecule has 0 saturated heterocycles. The van der Waals surface area contributed by atoms with Gasteiger partial charge in [0, 0.05) is 6.20 Å². The lowest BCUT2D eigenvalue weighted by atomic mass is 10.1. The molecule has 0 unspecified atom stereocenters. The first-order valence-corrected chi connectivity index (χ1v) is 8.98. The molecule has 0 atom stereocenters. The maximum Gasteiger partial charge on any atom is 0.412 e. The van der Waals surface area contributed by atoms with Crippen molar-refractivity contribution < 1.29 is 23.5 Å². The number of carbonyl (C=O) groups excluding carboxylic acids is 2. The van der Waals surface area contributed by atoms with E-state index in [9.17, 15) is 14.0 Å². The lowest BCUT2D eigenvalue weighted by Crippen LogP contribution is -2.28. The third-order valence-electron chi connectivity index (χ3n) is 3.44. The second kappa shape index (κ2) is 8.82. The summed E-state index contributed by atoms with van der Waals surface area (Å²) in [4.78, 5) is 28.7. The summed E-state index contributed by atoms with van der Waals surface area (Å²) >= 11 is 0. The Morgan fingerprint density at radius 2 is 1.79 bits per heavy atom. The summed E-state index contributed by atoms with van der Waals surface area (Å²) < 4.78 is 23.5. The molecule has 1 heterocycles. The maximum absolute atomic E-state index is 13.1. The topological polar surface area (TPSA) is 77.5 Å². The van der Waals surface area contributed by atoms with Crippen LogP contribution < -0.4 is 5.32 Å². The van der Waals surface area contributed by atoms with Gasteiger partial charge in [-0.3, -0.25) is 5.32 Å². The number of benzene rings is 1. The minimum Gasteiger partial charge on any atom is -0.458 e. The van der Waals surface area contributed by atoms with Gasteiger partial charge in [0.05, 0.1) is 11.8 Å². The monoisotopic (exact) mass is 388 g/mol. The van der Waals surface area contributed by atoms with Crippen LogP contribution in [-0.2, 0) is 15.9 Å². The second-order valence-corrected chi connectivity index (χ2v) is 7.62. The molecule has 0 radical (unpaired) electrons. The van der Waals surface area contributed by atoms with Crippen molar-refractivity contribution in [2.75, 3.05) is 5.32 Å².